The van der Waals surface area contributed by atoms with E-state index < -0.39 is 0 Å². The molecule has 2 rings (SSSR count). The number of morpholine rings is 1. The van der Waals surface area contributed by atoms with Crippen molar-refractivity contribution in [1.82, 2.24) is 15.1 Å². The summed E-state index contributed by atoms with van der Waals surface area (Å²) >= 11 is 0. The van der Waals surface area contributed by atoms with Crippen molar-refractivity contribution in [2.24, 2.45) is 0 Å². The van der Waals surface area contributed by atoms with E-state index in [1.54, 1.807) is 0 Å². The van der Waals surface area contributed by atoms with Crippen molar-refractivity contribution in [1.29, 1.82) is 0 Å². The number of hydrogen-bond donors (Lipinski definition) is 1. The van der Waals surface area contributed by atoms with Gasteiger partial charge in [-0.15, -0.1) is 0 Å². The molecule has 2 aliphatic rings. The Morgan fingerprint density at radius 3 is 2.88 bits per heavy atom. The van der Waals surface area contributed by atoms with E-state index in [9.17, 15) is 4.79 Å². The van der Waals surface area contributed by atoms with Crippen molar-refractivity contribution in [3.8, 4) is 0 Å². The summed E-state index contributed by atoms with van der Waals surface area (Å²) in [7, 11) is 2.10. The minimum absolute atomic E-state index is 0.146. The van der Waals surface area contributed by atoms with Gasteiger partial charge in [-0.2, -0.15) is 0 Å². The van der Waals surface area contributed by atoms with E-state index in [0.717, 1.165) is 26.2 Å². The van der Waals surface area contributed by atoms with E-state index in [-0.39, 0.29) is 12.0 Å². The Balaban J connectivity index is 1.89. The molecule has 5 nitrogen and oxygen atoms in total. The first-order valence-corrected chi connectivity index (χ1v) is 6.00. The zero-order chi connectivity index (χ0) is 11.5. The standard InChI is InChI=1S/C11H21N3O2/c1-9-8-14(5-4-13(9)2)11(15)10-7-12-3-6-16-10/h9-10,12H,3-8H2,1-2H3. The lowest BCUT2D eigenvalue weighted by Gasteiger charge is -2.39. The predicted molar refractivity (Wildman–Crippen MR) is 61.3 cm³/mol. The zero-order valence-electron chi connectivity index (χ0n) is 10.1. The first-order valence-electron chi connectivity index (χ1n) is 6.00. The molecule has 1 amide bonds. The van der Waals surface area contributed by atoms with Gasteiger partial charge in [0.15, 0.2) is 0 Å². The Labute approximate surface area is 96.7 Å². The monoisotopic (exact) mass is 227 g/mol. The van der Waals surface area contributed by atoms with Gasteiger partial charge in [-0.05, 0) is 14.0 Å². The van der Waals surface area contributed by atoms with Gasteiger partial charge < -0.3 is 19.9 Å². The fourth-order valence-electron chi connectivity index (χ4n) is 2.18. The summed E-state index contributed by atoms with van der Waals surface area (Å²) in [5, 5.41) is 3.19. The number of nitrogens with one attached hydrogen (secondary N) is 1. The molecular weight excluding hydrogens is 206 g/mol. The van der Waals surface area contributed by atoms with Crippen molar-refractivity contribution >= 4 is 5.91 Å². The molecule has 0 aromatic rings. The molecule has 16 heavy (non-hydrogen) atoms. The quantitative estimate of drug-likeness (QED) is 0.633. The topological polar surface area (TPSA) is 44.8 Å². The van der Waals surface area contributed by atoms with Gasteiger partial charge in [-0.25, -0.2) is 0 Å². The van der Waals surface area contributed by atoms with Gasteiger partial charge in [-0.1, -0.05) is 0 Å². The second kappa shape index (κ2) is 5.12. The Hall–Kier alpha value is -0.650. The van der Waals surface area contributed by atoms with Crippen LogP contribution in [0, 0.1) is 0 Å². The van der Waals surface area contributed by atoms with Crippen LogP contribution in [-0.2, 0) is 9.53 Å². The molecular formula is C11H21N3O2. The summed E-state index contributed by atoms with van der Waals surface area (Å²) < 4.78 is 5.49. The van der Waals surface area contributed by atoms with E-state index in [2.05, 4.69) is 24.2 Å². The van der Waals surface area contributed by atoms with Gasteiger partial charge >= 0.3 is 0 Å². The van der Waals surface area contributed by atoms with Gasteiger partial charge in [0, 0.05) is 38.8 Å². The molecule has 2 heterocycles. The molecule has 0 spiro atoms. The highest BCUT2D eigenvalue weighted by atomic mass is 16.5. The number of hydrogen-bond acceptors (Lipinski definition) is 4. The maximum atomic E-state index is 12.1. The minimum Gasteiger partial charge on any atom is -0.366 e. The van der Waals surface area contributed by atoms with Gasteiger partial charge in [0.1, 0.15) is 6.10 Å². The summed E-state index contributed by atoms with van der Waals surface area (Å²) in [6.45, 7) is 6.88. The average Bonchev–Trinajstić information content (AvgIpc) is 2.33. The largest absolute Gasteiger partial charge is 0.366 e. The van der Waals surface area contributed by atoms with Crippen LogP contribution in [0.5, 0.6) is 0 Å². The maximum Gasteiger partial charge on any atom is 0.253 e. The fourth-order valence-corrected chi connectivity index (χ4v) is 2.18. The molecule has 1 N–H and O–H groups in total. The van der Waals surface area contributed by atoms with Crippen molar-refractivity contribution in [3.63, 3.8) is 0 Å². The summed E-state index contributed by atoms with van der Waals surface area (Å²) in [5.41, 5.74) is 0. The molecule has 2 fully saturated rings. The number of piperazine rings is 1. The average molecular weight is 227 g/mol. The third kappa shape index (κ3) is 2.53. The Kier molecular flexibility index (Phi) is 3.78. The molecule has 0 saturated carbocycles. The molecule has 0 radical (unpaired) electrons. The van der Waals surface area contributed by atoms with E-state index in [0.29, 0.717) is 19.2 Å². The van der Waals surface area contributed by atoms with E-state index in [4.69, 9.17) is 4.74 Å². The molecule has 0 aliphatic carbocycles. The Morgan fingerprint density at radius 1 is 1.44 bits per heavy atom. The number of rotatable bonds is 1. The van der Waals surface area contributed by atoms with Gasteiger partial charge in [0.25, 0.3) is 5.91 Å². The highest BCUT2D eigenvalue weighted by molar-refractivity contribution is 5.81. The normalized spacial score (nSPS) is 32.8. The van der Waals surface area contributed by atoms with Crippen LogP contribution in [0.4, 0.5) is 0 Å². The molecule has 92 valence electrons. The van der Waals surface area contributed by atoms with Gasteiger partial charge in [-0.3, -0.25) is 4.79 Å². The number of likely N-dealkylation sites (N-methyl/N-ethyl adjacent to an activating group) is 1. The van der Waals surface area contributed by atoms with Crippen molar-refractivity contribution in [2.45, 2.75) is 19.1 Å². The number of nitrogens with zero attached hydrogens (tertiary/aromatic N) is 2. The van der Waals surface area contributed by atoms with Crippen molar-refractivity contribution in [2.75, 3.05) is 46.4 Å². The molecule has 0 bridgehead atoms. The summed E-state index contributed by atoms with van der Waals surface area (Å²) in [5.74, 6) is 0.146. The van der Waals surface area contributed by atoms with Crippen LogP contribution < -0.4 is 5.32 Å². The highest BCUT2D eigenvalue weighted by Gasteiger charge is 2.30. The van der Waals surface area contributed by atoms with Crippen LogP contribution in [0.2, 0.25) is 0 Å². The number of carbonyl (C=O) groups excluding carboxylic acids is 1. The SMILES string of the molecule is CC1CN(C(=O)C2CNCCO2)CCN1C. The second-order valence-electron chi connectivity index (χ2n) is 4.68. The summed E-state index contributed by atoms with van der Waals surface area (Å²) in [6.07, 6.45) is -0.274. The van der Waals surface area contributed by atoms with Crippen LogP contribution >= 0.6 is 0 Å². The smallest absolute Gasteiger partial charge is 0.253 e. The summed E-state index contributed by atoms with van der Waals surface area (Å²) in [6, 6.07) is 0.439. The Morgan fingerprint density at radius 2 is 2.25 bits per heavy atom. The molecule has 0 aromatic carbocycles. The molecule has 5 heteroatoms. The fraction of sp³-hybridized carbons (Fsp3) is 0.909. The van der Waals surface area contributed by atoms with Crippen LogP contribution in [0.25, 0.3) is 0 Å². The predicted octanol–water partition coefficient (Wildman–Crippen LogP) is -0.863. The maximum absolute atomic E-state index is 12.1. The van der Waals surface area contributed by atoms with Crippen molar-refractivity contribution in [3.05, 3.63) is 0 Å². The van der Waals surface area contributed by atoms with Crippen molar-refractivity contribution < 1.29 is 9.53 Å². The second-order valence-corrected chi connectivity index (χ2v) is 4.68. The third-order valence-corrected chi connectivity index (χ3v) is 3.47. The van der Waals surface area contributed by atoms with Crippen LogP contribution in [0.3, 0.4) is 0 Å². The summed E-state index contributed by atoms with van der Waals surface area (Å²) in [4.78, 5) is 16.4. The molecule has 2 atom stereocenters. The van der Waals surface area contributed by atoms with E-state index >= 15 is 0 Å². The lowest BCUT2D eigenvalue weighted by molar-refractivity contribution is -0.147. The first kappa shape index (κ1) is 11.8. The Bertz CT molecular complexity index is 254. The number of amides is 1. The van der Waals surface area contributed by atoms with Crippen LogP contribution in [-0.4, -0.2) is 74.2 Å². The van der Waals surface area contributed by atoms with Gasteiger partial charge in [0.05, 0.1) is 6.61 Å². The molecule has 0 aromatic heterocycles. The number of carbonyl (C=O) groups is 1. The van der Waals surface area contributed by atoms with Crippen LogP contribution in [0.1, 0.15) is 6.92 Å². The lowest BCUT2D eigenvalue weighted by Crippen LogP contribution is -2.57. The minimum atomic E-state index is -0.274. The third-order valence-electron chi connectivity index (χ3n) is 3.47. The van der Waals surface area contributed by atoms with E-state index in [1.165, 1.54) is 0 Å². The highest BCUT2D eigenvalue weighted by Crippen LogP contribution is 2.10. The first-order chi connectivity index (χ1) is 7.68. The molecule has 2 unspecified atom stereocenters. The number of ether oxygens (including phenoxy) is 1. The molecule has 2 aliphatic heterocycles. The molecule has 2 saturated heterocycles. The van der Waals surface area contributed by atoms with Crippen LogP contribution in [0.15, 0.2) is 0 Å². The van der Waals surface area contributed by atoms with E-state index in [1.807, 2.05) is 4.90 Å². The zero-order valence-corrected chi connectivity index (χ0v) is 10.1. The lowest BCUT2D eigenvalue weighted by atomic mass is 10.1. The van der Waals surface area contributed by atoms with Gasteiger partial charge in [0.2, 0.25) is 0 Å².